The number of benzene rings is 1. The number of likely N-dealkylation sites (N-methyl/N-ethyl adjacent to an activating group) is 1. The minimum atomic E-state index is -0.314. The van der Waals surface area contributed by atoms with E-state index in [1.807, 2.05) is 30.9 Å². The van der Waals surface area contributed by atoms with E-state index >= 15 is 0 Å². The van der Waals surface area contributed by atoms with Crippen LogP contribution < -0.4 is 5.73 Å². The number of hydrogen-bond donors (Lipinski definition) is 1. The molecule has 7 heteroatoms. The average molecular weight is 484 g/mol. The Labute approximate surface area is 151 Å². The Hall–Kier alpha value is -0.150. The standard InChI is InChI=1S/C14H17BrClIN4/c1-20(2)5-6-21-14(12(16)8-19-21)13(18)10-7-9(17)3-4-11(10)15/h3-4,7-8,13H,5-6,18H2,1-2H3. The van der Waals surface area contributed by atoms with Crippen molar-refractivity contribution in [2.24, 2.45) is 5.73 Å². The molecule has 1 unspecified atom stereocenters. The first-order chi connectivity index (χ1) is 9.90. The number of rotatable bonds is 5. The lowest BCUT2D eigenvalue weighted by Gasteiger charge is -2.18. The smallest absolute Gasteiger partial charge is 0.0837 e. The van der Waals surface area contributed by atoms with Crippen molar-refractivity contribution < 1.29 is 0 Å². The lowest BCUT2D eigenvalue weighted by molar-refractivity contribution is 0.368. The molecule has 1 atom stereocenters. The summed E-state index contributed by atoms with van der Waals surface area (Å²) in [4.78, 5) is 2.10. The predicted octanol–water partition coefficient (Wildman–Crippen LogP) is 3.51. The number of hydrogen-bond acceptors (Lipinski definition) is 3. The lowest BCUT2D eigenvalue weighted by atomic mass is 10.0. The van der Waals surface area contributed by atoms with Crippen LogP contribution in [0.5, 0.6) is 0 Å². The van der Waals surface area contributed by atoms with Gasteiger partial charge in [-0.15, -0.1) is 0 Å². The molecule has 0 aliphatic rings. The van der Waals surface area contributed by atoms with E-state index in [1.165, 1.54) is 0 Å². The van der Waals surface area contributed by atoms with Crippen LogP contribution in [0.25, 0.3) is 0 Å². The molecule has 1 aromatic heterocycles. The molecule has 0 bridgehead atoms. The second-order valence-electron chi connectivity index (χ2n) is 5.05. The van der Waals surface area contributed by atoms with Crippen LogP contribution in [0.3, 0.4) is 0 Å². The zero-order valence-corrected chi connectivity index (χ0v) is 16.4. The summed E-state index contributed by atoms with van der Waals surface area (Å²) in [6, 6.07) is 5.79. The van der Waals surface area contributed by atoms with E-state index in [9.17, 15) is 0 Å². The van der Waals surface area contributed by atoms with Gasteiger partial charge in [-0.05, 0) is 60.4 Å². The molecule has 2 rings (SSSR count). The zero-order valence-electron chi connectivity index (χ0n) is 11.9. The molecule has 2 N–H and O–H groups in total. The van der Waals surface area contributed by atoms with Crippen LogP contribution in [0.1, 0.15) is 17.3 Å². The second kappa shape index (κ2) is 7.41. The Morgan fingerprint density at radius 2 is 2.19 bits per heavy atom. The summed E-state index contributed by atoms with van der Waals surface area (Å²) in [5.74, 6) is 0. The van der Waals surface area contributed by atoms with Crippen molar-refractivity contribution in [1.82, 2.24) is 14.7 Å². The van der Waals surface area contributed by atoms with E-state index in [-0.39, 0.29) is 6.04 Å². The highest BCUT2D eigenvalue weighted by Crippen LogP contribution is 2.31. The third-order valence-electron chi connectivity index (χ3n) is 3.18. The quantitative estimate of drug-likeness (QED) is 0.663. The molecule has 114 valence electrons. The molecule has 21 heavy (non-hydrogen) atoms. The van der Waals surface area contributed by atoms with Crippen LogP contribution in [0.2, 0.25) is 5.02 Å². The van der Waals surface area contributed by atoms with Crippen molar-refractivity contribution in [2.45, 2.75) is 12.6 Å². The Kier molecular flexibility index (Phi) is 6.07. The van der Waals surface area contributed by atoms with Crippen molar-refractivity contribution in [1.29, 1.82) is 0 Å². The fourth-order valence-electron chi connectivity index (χ4n) is 2.05. The molecule has 0 aliphatic heterocycles. The molecule has 1 aromatic carbocycles. The molecule has 0 saturated carbocycles. The molecule has 1 heterocycles. The normalized spacial score (nSPS) is 12.9. The summed E-state index contributed by atoms with van der Waals surface area (Å²) in [6.45, 7) is 1.63. The number of nitrogens with two attached hydrogens (primary N) is 1. The molecule has 2 aromatic rings. The van der Waals surface area contributed by atoms with E-state index < -0.39 is 0 Å². The second-order valence-corrected chi connectivity index (χ2v) is 7.55. The predicted molar refractivity (Wildman–Crippen MR) is 98.7 cm³/mol. The van der Waals surface area contributed by atoms with E-state index in [2.05, 4.69) is 54.6 Å². The van der Waals surface area contributed by atoms with Gasteiger partial charge >= 0.3 is 0 Å². The third-order valence-corrected chi connectivity index (χ3v) is 4.86. The molecule has 0 spiro atoms. The number of nitrogens with zero attached hydrogens (tertiary/aromatic N) is 3. The molecular weight excluding hydrogens is 466 g/mol. The Morgan fingerprint density at radius 3 is 2.86 bits per heavy atom. The van der Waals surface area contributed by atoms with Crippen LogP contribution in [-0.2, 0) is 6.54 Å². The first kappa shape index (κ1) is 17.2. The highest BCUT2D eigenvalue weighted by Gasteiger charge is 2.20. The first-order valence-electron chi connectivity index (χ1n) is 6.46. The van der Waals surface area contributed by atoms with E-state index in [1.54, 1.807) is 6.20 Å². The fraction of sp³-hybridized carbons (Fsp3) is 0.357. The Bertz CT molecular complexity index is 629. The summed E-state index contributed by atoms with van der Waals surface area (Å²) in [7, 11) is 4.06. The highest BCUT2D eigenvalue weighted by molar-refractivity contribution is 14.1. The van der Waals surface area contributed by atoms with Gasteiger partial charge in [0.2, 0.25) is 0 Å². The van der Waals surface area contributed by atoms with Gasteiger partial charge in [0, 0.05) is 14.6 Å². The van der Waals surface area contributed by atoms with Crippen molar-refractivity contribution in [3.05, 3.63) is 48.7 Å². The Morgan fingerprint density at radius 1 is 1.48 bits per heavy atom. The van der Waals surface area contributed by atoms with Gasteiger partial charge < -0.3 is 10.6 Å². The molecule has 0 amide bonds. The lowest BCUT2D eigenvalue weighted by Crippen LogP contribution is -2.23. The minimum absolute atomic E-state index is 0.314. The molecular formula is C14H17BrClIN4. The topological polar surface area (TPSA) is 47.1 Å². The maximum atomic E-state index is 6.45. The summed E-state index contributed by atoms with van der Waals surface area (Å²) in [5, 5.41) is 4.95. The van der Waals surface area contributed by atoms with E-state index in [0.717, 1.165) is 32.4 Å². The summed E-state index contributed by atoms with van der Waals surface area (Å²) in [5.41, 5.74) is 8.30. The highest BCUT2D eigenvalue weighted by atomic mass is 127. The number of halogens is 3. The van der Waals surface area contributed by atoms with Gasteiger partial charge in [0.15, 0.2) is 0 Å². The minimum Gasteiger partial charge on any atom is -0.319 e. The molecule has 0 radical (unpaired) electrons. The maximum Gasteiger partial charge on any atom is 0.0837 e. The third kappa shape index (κ3) is 4.19. The van der Waals surface area contributed by atoms with Gasteiger partial charge in [0.05, 0.1) is 29.5 Å². The summed E-state index contributed by atoms with van der Waals surface area (Å²) in [6.07, 6.45) is 1.66. The van der Waals surface area contributed by atoms with Crippen molar-refractivity contribution in [3.8, 4) is 0 Å². The van der Waals surface area contributed by atoms with Gasteiger partial charge in [-0.2, -0.15) is 5.10 Å². The fourth-order valence-corrected chi connectivity index (χ4v) is 3.32. The van der Waals surface area contributed by atoms with Crippen LogP contribution >= 0.6 is 50.1 Å². The molecule has 4 nitrogen and oxygen atoms in total. The largest absolute Gasteiger partial charge is 0.319 e. The molecule has 0 aliphatic carbocycles. The number of aromatic nitrogens is 2. The maximum absolute atomic E-state index is 6.45. The van der Waals surface area contributed by atoms with Crippen molar-refractivity contribution >= 4 is 50.1 Å². The Balaban J connectivity index is 2.36. The van der Waals surface area contributed by atoms with E-state index in [0.29, 0.717) is 5.02 Å². The van der Waals surface area contributed by atoms with Crippen molar-refractivity contribution in [3.63, 3.8) is 0 Å². The SMILES string of the molecule is CN(C)CCn1ncc(Cl)c1C(N)c1cc(I)ccc1Br. The van der Waals surface area contributed by atoms with Crippen LogP contribution in [0.15, 0.2) is 28.9 Å². The van der Waals surface area contributed by atoms with Crippen LogP contribution in [0.4, 0.5) is 0 Å². The van der Waals surface area contributed by atoms with Gasteiger partial charge in [0.1, 0.15) is 0 Å². The zero-order chi connectivity index (χ0) is 15.6. The van der Waals surface area contributed by atoms with E-state index in [4.69, 9.17) is 17.3 Å². The van der Waals surface area contributed by atoms with Gasteiger partial charge in [-0.3, -0.25) is 4.68 Å². The van der Waals surface area contributed by atoms with Gasteiger partial charge in [-0.25, -0.2) is 0 Å². The van der Waals surface area contributed by atoms with Crippen molar-refractivity contribution in [2.75, 3.05) is 20.6 Å². The average Bonchev–Trinajstić information content (AvgIpc) is 2.79. The van der Waals surface area contributed by atoms with Crippen LogP contribution in [-0.4, -0.2) is 35.3 Å². The van der Waals surface area contributed by atoms with Gasteiger partial charge in [-0.1, -0.05) is 27.5 Å². The molecule has 0 saturated heterocycles. The van der Waals surface area contributed by atoms with Crippen LogP contribution in [0, 0.1) is 3.57 Å². The first-order valence-corrected chi connectivity index (χ1v) is 8.71. The summed E-state index contributed by atoms with van der Waals surface area (Å²) >= 11 is 12.1. The van der Waals surface area contributed by atoms with Gasteiger partial charge in [0.25, 0.3) is 0 Å². The summed E-state index contributed by atoms with van der Waals surface area (Å²) < 4.78 is 4.00. The monoisotopic (exact) mass is 482 g/mol. The molecule has 0 fully saturated rings.